The first kappa shape index (κ1) is 78.8. The van der Waals surface area contributed by atoms with E-state index < -0.39 is 65.4 Å². The fourth-order valence-corrected chi connectivity index (χ4v) is 10.3. The van der Waals surface area contributed by atoms with E-state index in [0.29, 0.717) is 85.3 Å². The molecule has 0 aliphatic carbocycles. The molecule has 24 nitrogen and oxygen atoms in total. The molecular formula is C63H98N14O10S3. The number of aromatic amines is 2. The number of hydrazone groups is 2. The average molecular weight is 1310 g/mol. The Morgan fingerprint density at radius 2 is 1.32 bits per heavy atom. The van der Waals surface area contributed by atoms with E-state index in [9.17, 15) is 47.9 Å². The van der Waals surface area contributed by atoms with Gasteiger partial charge in [-0.3, -0.25) is 58.8 Å². The minimum Gasteiger partial charge on any atom is -0.370 e. The summed E-state index contributed by atoms with van der Waals surface area (Å²) in [6.45, 7) is 16.9. The number of nitrogens with zero attached hydrogens (tertiary/aromatic N) is 3. The number of imidazole rings is 1. The minimum absolute atomic E-state index is 0.00795. The number of thiocarbonyl (C=S) groups is 2. The summed E-state index contributed by atoms with van der Waals surface area (Å²) in [4.78, 5) is 138. The van der Waals surface area contributed by atoms with Gasteiger partial charge in [-0.15, -0.1) is 0 Å². The summed E-state index contributed by atoms with van der Waals surface area (Å²) >= 11 is 11.9. The van der Waals surface area contributed by atoms with Crippen LogP contribution in [0.5, 0.6) is 0 Å². The molecule has 5 amide bonds. The van der Waals surface area contributed by atoms with E-state index in [1.165, 1.54) is 6.33 Å². The molecule has 7 atom stereocenters. The lowest BCUT2D eigenvalue weighted by molar-refractivity contribution is -0.135. The Kier molecular flexibility index (Phi) is 37.4. The highest BCUT2D eigenvalue weighted by Crippen LogP contribution is 2.25. The molecule has 0 aliphatic rings. The van der Waals surface area contributed by atoms with Gasteiger partial charge in [-0.1, -0.05) is 66.2 Å². The molecule has 0 spiro atoms. The van der Waals surface area contributed by atoms with Crippen molar-refractivity contribution in [2.75, 3.05) is 25.6 Å². The second-order valence-electron chi connectivity index (χ2n) is 23.2. The molecule has 3 rings (SSSR count). The third-order valence-electron chi connectivity index (χ3n) is 15.2. The topological polar surface area (TPSA) is 376 Å². The number of para-hydroxylation sites is 1. The van der Waals surface area contributed by atoms with Gasteiger partial charge >= 0.3 is 0 Å². The first-order valence-electron chi connectivity index (χ1n) is 30.9. The van der Waals surface area contributed by atoms with Crippen LogP contribution < -0.4 is 48.9 Å². The fraction of sp³-hybridized carbons (Fsp3) is 0.603. The highest BCUT2D eigenvalue weighted by Gasteiger charge is 2.33. The Morgan fingerprint density at radius 1 is 0.678 bits per heavy atom. The van der Waals surface area contributed by atoms with E-state index in [0.717, 1.165) is 22.2 Å². The summed E-state index contributed by atoms with van der Waals surface area (Å²) in [7, 11) is 1.68. The van der Waals surface area contributed by atoms with Gasteiger partial charge in [0.1, 0.15) is 35.2 Å². The number of carbonyl (C=O) groups is 10. The second kappa shape index (κ2) is 42.7. The molecule has 0 bridgehead atoms. The molecule has 7 unspecified atom stereocenters. The van der Waals surface area contributed by atoms with Crippen LogP contribution in [0.15, 0.2) is 53.2 Å². The van der Waals surface area contributed by atoms with Crippen molar-refractivity contribution in [2.24, 2.45) is 57.2 Å². The maximum absolute atomic E-state index is 13.9. The van der Waals surface area contributed by atoms with E-state index >= 15 is 0 Å². The molecule has 27 heteroatoms. The Bertz CT molecular complexity index is 2930. The molecule has 0 saturated heterocycles. The Hall–Kier alpha value is -7.26. The zero-order valence-electron chi connectivity index (χ0n) is 54.3. The molecule has 498 valence electrons. The molecule has 0 saturated carbocycles. The zero-order valence-corrected chi connectivity index (χ0v) is 56.7. The molecule has 1 aromatic carbocycles. The van der Waals surface area contributed by atoms with Gasteiger partial charge in [0.05, 0.1) is 23.8 Å². The maximum atomic E-state index is 13.9. The quantitative estimate of drug-likeness (QED) is 0.0136. The SMILES string of the molecule is CCC(=O)C(CC(=O)C(C)NC(=O)C(Cc1c[nH]c2ccccc12)NC(=O)C(CCC(N)=O)CC(=O)CCCCCNC(=S)N/N=C(C)/C(C)=N/NC(=S)NC)C(C)C.CCC(=O)CC(Cc1cnc[nH]1)C(=O)CC(CC(C)C)C(=O)NC(CCSC)C(N)=O. The smallest absolute Gasteiger partial charge is 0.243 e. The number of thioether (sulfide) groups is 1. The van der Waals surface area contributed by atoms with Crippen LogP contribution in [0.3, 0.4) is 0 Å². The lowest BCUT2D eigenvalue weighted by atomic mass is 9.84. The summed E-state index contributed by atoms with van der Waals surface area (Å²) in [5, 5.41) is 24.0. The number of ketones is 5. The predicted molar refractivity (Wildman–Crippen MR) is 362 cm³/mol. The third kappa shape index (κ3) is 30.5. The van der Waals surface area contributed by atoms with Gasteiger partial charge in [-0.25, -0.2) is 4.98 Å². The number of amides is 5. The van der Waals surface area contributed by atoms with Crippen molar-refractivity contribution >= 4 is 127 Å². The highest BCUT2D eigenvalue weighted by atomic mass is 32.2. The number of H-pyrrole nitrogens is 2. The molecule has 0 radical (unpaired) electrons. The fourth-order valence-electron chi connectivity index (χ4n) is 9.62. The largest absolute Gasteiger partial charge is 0.370 e. The summed E-state index contributed by atoms with van der Waals surface area (Å²) in [5.41, 5.74) is 19.9. The van der Waals surface area contributed by atoms with Crippen molar-refractivity contribution in [3.63, 3.8) is 0 Å². The van der Waals surface area contributed by atoms with Crippen molar-refractivity contribution in [3.05, 3.63) is 54.2 Å². The van der Waals surface area contributed by atoms with Crippen molar-refractivity contribution in [2.45, 2.75) is 183 Å². The van der Waals surface area contributed by atoms with Crippen LogP contribution in [0.1, 0.15) is 163 Å². The van der Waals surface area contributed by atoms with E-state index in [-0.39, 0.29) is 98.0 Å². The maximum Gasteiger partial charge on any atom is 0.243 e. The number of benzene rings is 1. The van der Waals surface area contributed by atoms with Gasteiger partial charge < -0.3 is 48.0 Å². The van der Waals surface area contributed by atoms with Gasteiger partial charge in [0.2, 0.25) is 29.5 Å². The first-order valence-corrected chi connectivity index (χ1v) is 33.1. The van der Waals surface area contributed by atoms with Crippen molar-refractivity contribution in [1.82, 2.24) is 52.4 Å². The number of nitrogens with two attached hydrogens (primary N) is 2. The third-order valence-corrected chi connectivity index (χ3v) is 16.3. The molecule has 13 N–H and O–H groups in total. The second-order valence-corrected chi connectivity index (χ2v) is 25.0. The molecular weight excluding hydrogens is 1210 g/mol. The molecule has 0 aliphatic heterocycles. The van der Waals surface area contributed by atoms with Crippen molar-refractivity contribution in [1.29, 1.82) is 0 Å². The van der Waals surface area contributed by atoms with Crippen LogP contribution in [-0.2, 0) is 60.8 Å². The van der Waals surface area contributed by atoms with Crippen molar-refractivity contribution < 1.29 is 47.9 Å². The number of aromatic nitrogens is 3. The zero-order chi connectivity index (χ0) is 67.5. The number of hydrogen-bond acceptors (Lipinski definition) is 16. The number of rotatable bonds is 42. The summed E-state index contributed by atoms with van der Waals surface area (Å²) in [6.07, 6.45) is 11.0. The Balaban J connectivity index is 0.000000746. The van der Waals surface area contributed by atoms with Crippen LogP contribution in [-0.4, -0.2) is 139 Å². The number of Topliss-reactive ketones (excluding diaryl/α,β-unsaturated/α-hetero) is 5. The van der Waals surface area contributed by atoms with Crippen molar-refractivity contribution in [3.8, 4) is 0 Å². The van der Waals surface area contributed by atoms with E-state index in [4.69, 9.17) is 35.9 Å². The average Bonchev–Trinajstić information content (AvgIpc) is 1.87. The summed E-state index contributed by atoms with van der Waals surface area (Å²) in [6, 6.07) is 4.72. The van der Waals surface area contributed by atoms with E-state index in [1.54, 1.807) is 65.8 Å². The molecule has 0 fully saturated rings. The highest BCUT2D eigenvalue weighted by molar-refractivity contribution is 7.98. The van der Waals surface area contributed by atoms with Gasteiger partial charge in [-0.05, 0) is 119 Å². The van der Waals surface area contributed by atoms with Gasteiger partial charge in [0, 0.05) is 124 Å². The summed E-state index contributed by atoms with van der Waals surface area (Å²) < 4.78 is 0. The number of hydrogen-bond donors (Lipinski definition) is 11. The number of fused-ring (bicyclic) bond motifs is 1. The number of unbranched alkanes of at least 4 members (excludes halogenated alkanes) is 2. The van der Waals surface area contributed by atoms with Crippen LogP contribution >= 0.6 is 36.2 Å². The minimum atomic E-state index is -1.12. The van der Waals surface area contributed by atoms with Crippen LogP contribution in [0.4, 0.5) is 0 Å². The van der Waals surface area contributed by atoms with Crippen LogP contribution in [0.2, 0.25) is 0 Å². The normalized spacial score (nSPS) is 13.9. The van der Waals surface area contributed by atoms with Crippen LogP contribution in [0.25, 0.3) is 10.9 Å². The lowest BCUT2D eigenvalue weighted by Gasteiger charge is -2.25. The number of nitrogens with one attached hydrogen (secondary N) is 9. The molecule has 3 aromatic rings. The van der Waals surface area contributed by atoms with Crippen LogP contribution in [0, 0.1) is 35.5 Å². The molecule has 90 heavy (non-hydrogen) atoms. The van der Waals surface area contributed by atoms with Gasteiger partial charge in [0.25, 0.3) is 0 Å². The number of primary amides is 2. The van der Waals surface area contributed by atoms with E-state index in [1.807, 2.05) is 58.2 Å². The van der Waals surface area contributed by atoms with Gasteiger partial charge in [-0.2, -0.15) is 22.0 Å². The monoisotopic (exact) mass is 1310 g/mol. The standard InChI is InChI=1S/C41H62N10O6S2.C22H36N4O4S/c1-8-35(53)32(24(2)3)22-36(54)27(6)46-39(57)34(21-29-23-45-33-16-12-11-15-31(29)33)47-38(56)28(17-18-37(42)55)20-30(52)14-10-9-13-19-44-41(59)51-49-26(5)25(4)48-50-40(58)43-7;1-5-18(27)10-15(9-17-12-24-13-25-17)20(28)11-16(8-14(2)3)22(30)26-19(21(23)29)6-7-31-4/h11-12,15-16,23-24,27-28,32,34,45H,8-10,13-14,17-22H2,1-7H3,(H2,42,55)(H,46,57)(H,47,56)(H2,43,50,58)(H2,44,51,59);12-16,19H,5-11H2,1-4H3,(H2,23,29)(H,24,25)(H,26,30)/b48-25+,49-26+;. The predicted octanol–water partition coefficient (Wildman–Crippen LogP) is 5.90. The first-order chi connectivity index (χ1) is 42.6. The van der Waals surface area contributed by atoms with Gasteiger partial charge in [0.15, 0.2) is 16.0 Å². The van der Waals surface area contributed by atoms with E-state index in [2.05, 4.69) is 62.6 Å². The Labute approximate surface area is 545 Å². The number of carbonyl (C=O) groups excluding carboxylic acids is 10. The Morgan fingerprint density at radius 3 is 1.91 bits per heavy atom. The summed E-state index contributed by atoms with van der Waals surface area (Å²) in [5.74, 6) is -4.96. The molecule has 2 aromatic heterocycles. The molecule has 2 heterocycles. The lowest BCUT2D eigenvalue weighted by Crippen LogP contribution is -2.53.